The van der Waals surface area contributed by atoms with Gasteiger partial charge in [0, 0.05) is 18.0 Å². The Balaban J connectivity index is 2.40. The minimum absolute atomic E-state index is 0.131. The molecular weight excluding hydrogens is 418 g/mol. The Kier molecular flexibility index (Phi) is 8.93. The van der Waals surface area contributed by atoms with E-state index in [-0.39, 0.29) is 12.5 Å². The van der Waals surface area contributed by atoms with Gasteiger partial charge in [0.1, 0.15) is 11.6 Å². The van der Waals surface area contributed by atoms with Crippen LogP contribution in [0, 0.1) is 34.3 Å². The molecule has 2 atom stereocenters. The molecule has 1 amide bonds. The van der Waals surface area contributed by atoms with Gasteiger partial charge in [-0.1, -0.05) is 57.6 Å². The zero-order chi connectivity index (χ0) is 24.8. The Hall–Kier alpha value is -3.00. The Morgan fingerprint density at radius 2 is 1.91 bits per heavy atom. The van der Waals surface area contributed by atoms with Crippen molar-refractivity contribution >= 4 is 5.91 Å². The first-order valence-electron chi connectivity index (χ1n) is 11.3. The van der Waals surface area contributed by atoms with Crippen LogP contribution in [0.25, 0.3) is 0 Å². The van der Waals surface area contributed by atoms with Gasteiger partial charge in [-0.2, -0.15) is 5.26 Å². The van der Waals surface area contributed by atoms with E-state index in [4.69, 9.17) is 0 Å². The van der Waals surface area contributed by atoms with Crippen LogP contribution >= 0.6 is 0 Å². The highest BCUT2D eigenvalue weighted by Crippen LogP contribution is 2.28. The second-order valence-electron chi connectivity index (χ2n) is 9.91. The molecule has 0 spiro atoms. The Bertz CT molecular complexity index is 1010. The summed E-state index contributed by atoms with van der Waals surface area (Å²) >= 11 is 0. The first-order chi connectivity index (χ1) is 15.4. The summed E-state index contributed by atoms with van der Waals surface area (Å²) in [5.41, 5.74) is 2.23. The standard InChI is InChI=1S/C28H34F2N2O/c1-19-9-7-10-22(24(18-31)14-20(2)13-19)11-8-12-32(27(33)28(4,5)6)21(3)23-15-25(29)17-26(30)16-23/h7-8,10-11,14-17,19,21H,9,12-13H2,1-6H3/b10-7+,11-8+,20-14+,24-22-/t19?,21-/m1/s1. The van der Waals surface area contributed by atoms with Gasteiger partial charge >= 0.3 is 0 Å². The molecule has 1 unspecified atom stereocenters. The first kappa shape index (κ1) is 26.3. The molecule has 0 N–H and O–H groups in total. The van der Waals surface area contributed by atoms with Gasteiger partial charge in [0.05, 0.1) is 17.7 Å². The van der Waals surface area contributed by atoms with Crippen molar-refractivity contribution in [3.05, 3.63) is 82.5 Å². The zero-order valence-electron chi connectivity index (χ0n) is 20.5. The van der Waals surface area contributed by atoms with Gasteiger partial charge in [-0.3, -0.25) is 4.79 Å². The third-order valence-electron chi connectivity index (χ3n) is 5.67. The summed E-state index contributed by atoms with van der Waals surface area (Å²) in [6, 6.07) is 5.08. The number of hydrogen-bond acceptors (Lipinski definition) is 2. The van der Waals surface area contributed by atoms with Crippen molar-refractivity contribution in [1.82, 2.24) is 4.90 Å². The lowest BCUT2D eigenvalue weighted by Crippen LogP contribution is -2.41. The molecule has 0 radical (unpaired) electrons. The number of rotatable bonds is 5. The van der Waals surface area contributed by atoms with Crippen LogP contribution in [0.15, 0.2) is 65.3 Å². The number of amides is 1. The Morgan fingerprint density at radius 3 is 2.48 bits per heavy atom. The van der Waals surface area contributed by atoms with Crippen molar-refractivity contribution in [1.29, 1.82) is 5.26 Å². The molecule has 3 nitrogen and oxygen atoms in total. The maximum Gasteiger partial charge on any atom is 0.228 e. The topological polar surface area (TPSA) is 44.1 Å². The van der Waals surface area contributed by atoms with Crippen LogP contribution in [0.1, 0.15) is 66.0 Å². The monoisotopic (exact) mass is 452 g/mol. The maximum atomic E-state index is 13.8. The predicted molar refractivity (Wildman–Crippen MR) is 129 cm³/mol. The fraction of sp³-hybridized carbons (Fsp3) is 0.429. The first-order valence-corrected chi connectivity index (χ1v) is 11.3. The van der Waals surface area contributed by atoms with Crippen molar-refractivity contribution in [2.45, 2.75) is 60.4 Å². The fourth-order valence-electron chi connectivity index (χ4n) is 3.92. The Morgan fingerprint density at radius 1 is 1.27 bits per heavy atom. The molecule has 2 rings (SSSR count). The van der Waals surface area contributed by atoms with E-state index in [0.717, 1.165) is 30.1 Å². The molecule has 1 aromatic rings. The SMILES string of the molecule is C\C1=C/C(C#N)=C(/C=C/CN(C(=O)C(C)(C)C)[C@H](C)c2cc(F)cc(F)c2)\C=C\CC(C)C1. The van der Waals surface area contributed by atoms with E-state index < -0.39 is 23.1 Å². The second-order valence-corrected chi connectivity index (χ2v) is 9.91. The van der Waals surface area contributed by atoms with Crippen molar-refractivity contribution in [3.63, 3.8) is 0 Å². The van der Waals surface area contributed by atoms with Crippen LogP contribution < -0.4 is 0 Å². The Labute approximate surface area is 196 Å². The molecule has 0 aromatic heterocycles. The summed E-state index contributed by atoms with van der Waals surface area (Å²) in [7, 11) is 0. The average molecular weight is 453 g/mol. The van der Waals surface area contributed by atoms with E-state index in [1.807, 2.05) is 52.0 Å². The van der Waals surface area contributed by atoms with Crippen LogP contribution in [0.5, 0.6) is 0 Å². The number of halogens is 2. The molecule has 176 valence electrons. The lowest BCUT2D eigenvalue weighted by Gasteiger charge is -2.34. The van der Waals surface area contributed by atoms with Gasteiger partial charge in [0.15, 0.2) is 0 Å². The highest BCUT2D eigenvalue weighted by atomic mass is 19.1. The summed E-state index contributed by atoms with van der Waals surface area (Å²) < 4.78 is 27.6. The number of carbonyl (C=O) groups excluding carboxylic acids is 1. The van der Waals surface area contributed by atoms with E-state index >= 15 is 0 Å². The minimum Gasteiger partial charge on any atom is -0.332 e. The maximum absolute atomic E-state index is 13.8. The second kappa shape index (κ2) is 11.2. The molecule has 0 saturated carbocycles. The van der Waals surface area contributed by atoms with Crippen LogP contribution in [0.2, 0.25) is 0 Å². The molecule has 0 saturated heterocycles. The van der Waals surface area contributed by atoms with Gasteiger partial charge in [-0.25, -0.2) is 8.78 Å². The number of nitrogens with zero attached hydrogens (tertiary/aromatic N) is 2. The van der Waals surface area contributed by atoms with Gasteiger partial charge in [0.2, 0.25) is 5.91 Å². The normalized spacial score (nSPS) is 23.0. The van der Waals surface area contributed by atoms with Crippen LogP contribution in [-0.2, 0) is 4.79 Å². The lowest BCUT2D eigenvalue weighted by atomic mass is 9.93. The number of carbonyl (C=O) groups is 1. The van der Waals surface area contributed by atoms with Crippen LogP contribution in [-0.4, -0.2) is 17.4 Å². The van der Waals surface area contributed by atoms with Crippen LogP contribution in [0.3, 0.4) is 0 Å². The van der Waals surface area contributed by atoms with E-state index in [2.05, 4.69) is 19.1 Å². The molecule has 0 heterocycles. The molecule has 0 aliphatic heterocycles. The summed E-state index contributed by atoms with van der Waals surface area (Å²) in [5, 5.41) is 9.69. The van der Waals surface area contributed by atoms with Gasteiger partial charge in [0.25, 0.3) is 0 Å². The highest BCUT2D eigenvalue weighted by molar-refractivity contribution is 5.82. The molecule has 33 heavy (non-hydrogen) atoms. The number of nitriles is 1. The number of allylic oxidation sites excluding steroid dienone is 7. The van der Waals surface area contributed by atoms with Crippen molar-refractivity contribution in [2.24, 2.45) is 11.3 Å². The average Bonchev–Trinajstić information content (AvgIpc) is 2.77. The molecule has 1 aliphatic carbocycles. The smallest absolute Gasteiger partial charge is 0.228 e. The van der Waals surface area contributed by atoms with Crippen molar-refractivity contribution < 1.29 is 13.6 Å². The lowest BCUT2D eigenvalue weighted by molar-refractivity contribution is -0.141. The summed E-state index contributed by atoms with van der Waals surface area (Å²) in [4.78, 5) is 14.8. The van der Waals surface area contributed by atoms with E-state index in [0.29, 0.717) is 17.1 Å². The van der Waals surface area contributed by atoms with Crippen LogP contribution in [0.4, 0.5) is 8.78 Å². The van der Waals surface area contributed by atoms with E-state index in [1.165, 1.54) is 12.1 Å². The molecule has 1 aliphatic rings. The quantitative estimate of drug-likeness (QED) is 0.474. The summed E-state index contributed by atoms with van der Waals surface area (Å²) in [6.45, 7) is 11.7. The van der Waals surface area contributed by atoms with E-state index in [9.17, 15) is 18.8 Å². The molecule has 1 aromatic carbocycles. The number of benzene rings is 1. The molecule has 0 fully saturated rings. The summed E-state index contributed by atoms with van der Waals surface area (Å²) in [6.07, 6.45) is 11.5. The third-order valence-corrected chi connectivity index (χ3v) is 5.67. The van der Waals surface area contributed by atoms with Crippen molar-refractivity contribution in [2.75, 3.05) is 6.54 Å². The van der Waals surface area contributed by atoms with E-state index in [1.54, 1.807) is 11.8 Å². The largest absolute Gasteiger partial charge is 0.332 e. The zero-order valence-corrected chi connectivity index (χ0v) is 20.5. The molecule has 0 bridgehead atoms. The van der Waals surface area contributed by atoms with Crippen molar-refractivity contribution in [3.8, 4) is 6.07 Å². The predicted octanol–water partition coefficient (Wildman–Crippen LogP) is 7.21. The summed E-state index contributed by atoms with van der Waals surface area (Å²) in [5.74, 6) is -0.987. The van der Waals surface area contributed by atoms with Gasteiger partial charge in [-0.15, -0.1) is 0 Å². The number of hydrogen-bond donors (Lipinski definition) is 0. The minimum atomic E-state index is -0.675. The highest BCUT2D eigenvalue weighted by Gasteiger charge is 2.30. The third kappa shape index (κ3) is 7.53. The fourth-order valence-corrected chi connectivity index (χ4v) is 3.92. The van der Waals surface area contributed by atoms with Gasteiger partial charge in [-0.05, 0) is 62.0 Å². The van der Waals surface area contributed by atoms with Gasteiger partial charge < -0.3 is 4.90 Å². The molecule has 5 heteroatoms. The molecular formula is C28H34F2N2O.